The van der Waals surface area contributed by atoms with Gasteiger partial charge in [0.25, 0.3) is 0 Å². The molecule has 1 rings (SSSR count). The molecule has 4 nitrogen and oxygen atoms in total. The topological polar surface area (TPSA) is 50.4 Å². The van der Waals surface area contributed by atoms with Gasteiger partial charge < -0.3 is 10.1 Å². The van der Waals surface area contributed by atoms with Crippen molar-refractivity contribution in [3.63, 3.8) is 0 Å². The summed E-state index contributed by atoms with van der Waals surface area (Å²) in [5.74, 6) is 0.680. The molecule has 0 aliphatic heterocycles. The molecule has 0 radical (unpaired) electrons. The van der Waals surface area contributed by atoms with Crippen LogP contribution in [-0.2, 0) is 4.74 Å². The predicted octanol–water partition coefficient (Wildman–Crippen LogP) is 3.32. The fraction of sp³-hybridized carbons (Fsp3) is 0.462. The van der Waals surface area contributed by atoms with E-state index in [1.807, 2.05) is 24.3 Å². The zero-order valence-corrected chi connectivity index (χ0v) is 10.6. The van der Waals surface area contributed by atoms with E-state index in [9.17, 15) is 4.79 Å². The van der Waals surface area contributed by atoms with Crippen LogP contribution in [0.4, 0.5) is 16.2 Å². The van der Waals surface area contributed by atoms with E-state index in [0.717, 1.165) is 24.3 Å². The number of hydrogen-bond acceptors (Lipinski definition) is 3. The molecule has 1 aromatic carbocycles. The Morgan fingerprint density at radius 2 is 2.06 bits per heavy atom. The van der Waals surface area contributed by atoms with Crippen LogP contribution >= 0.6 is 0 Å². The number of ether oxygens (including phenoxy) is 1. The van der Waals surface area contributed by atoms with Crippen molar-refractivity contribution < 1.29 is 9.53 Å². The van der Waals surface area contributed by atoms with E-state index < -0.39 is 6.09 Å². The van der Waals surface area contributed by atoms with Gasteiger partial charge in [0.1, 0.15) is 0 Å². The molecule has 0 aliphatic rings. The summed E-state index contributed by atoms with van der Waals surface area (Å²) in [4.78, 5) is 11.0. The third kappa shape index (κ3) is 5.24. The summed E-state index contributed by atoms with van der Waals surface area (Å²) in [5.41, 5.74) is 1.73. The molecule has 0 aromatic heterocycles. The molecule has 94 valence electrons. The van der Waals surface area contributed by atoms with Gasteiger partial charge in [-0.25, -0.2) is 4.79 Å². The number of carbonyl (C=O) groups excluding carboxylic acids is 1. The van der Waals surface area contributed by atoms with Crippen molar-refractivity contribution >= 4 is 17.5 Å². The Kier molecular flexibility index (Phi) is 5.33. The van der Waals surface area contributed by atoms with Gasteiger partial charge in [-0.2, -0.15) is 0 Å². The standard InChI is InChI=1S/C13H20N2O2/c1-10(2)7-8-14-11-5-4-6-12(9-11)15-13(16)17-3/h4-6,9-10,14H,7-8H2,1-3H3,(H,15,16). The lowest BCUT2D eigenvalue weighted by atomic mass is 10.1. The van der Waals surface area contributed by atoms with E-state index in [1.165, 1.54) is 7.11 Å². The van der Waals surface area contributed by atoms with Gasteiger partial charge in [0.2, 0.25) is 0 Å². The molecule has 0 spiro atoms. The molecule has 2 N–H and O–H groups in total. The summed E-state index contributed by atoms with van der Waals surface area (Å²) in [6, 6.07) is 7.58. The first-order chi connectivity index (χ1) is 8.11. The first-order valence-corrected chi connectivity index (χ1v) is 5.80. The number of amides is 1. The quantitative estimate of drug-likeness (QED) is 0.824. The van der Waals surface area contributed by atoms with Crippen LogP contribution in [0.5, 0.6) is 0 Å². The van der Waals surface area contributed by atoms with Gasteiger partial charge in [0.15, 0.2) is 0 Å². The second kappa shape index (κ2) is 6.78. The number of nitrogens with one attached hydrogen (secondary N) is 2. The zero-order chi connectivity index (χ0) is 12.7. The first kappa shape index (κ1) is 13.4. The Morgan fingerprint density at radius 1 is 1.35 bits per heavy atom. The first-order valence-electron chi connectivity index (χ1n) is 5.80. The minimum atomic E-state index is -0.454. The third-order valence-corrected chi connectivity index (χ3v) is 2.35. The highest BCUT2D eigenvalue weighted by Crippen LogP contribution is 2.15. The molecular weight excluding hydrogens is 216 g/mol. The van der Waals surface area contributed by atoms with Crippen molar-refractivity contribution in [1.29, 1.82) is 0 Å². The molecule has 17 heavy (non-hydrogen) atoms. The molecule has 0 unspecified atom stereocenters. The van der Waals surface area contributed by atoms with Crippen LogP contribution < -0.4 is 10.6 Å². The number of anilines is 2. The van der Waals surface area contributed by atoms with Crippen molar-refractivity contribution in [2.45, 2.75) is 20.3 Å². The zero-order valence-electron chi connectivity index (χ0n) is 10.6. The smallest absolute Gasteiger partial charge is 0.411 e. The SMILES string of the molecule is COC(=O)Nc1cccc(NCCC(C)C)c1. The number of rotatable bonds is 5. The maximum atomic E-state index is 11.0. The largest absolute Gasteiger partial charge is 0.453 e. The second-order valence-corrected chi connectivity index (χ2v) is 4.31. The molecule has 0 aliphatic carbocycles. The molecular formula is C13H20N2O2. The van der Waals surface area contributed by atoms with Gasteiger partial charge in [-0.1, -0.05) is 19.9 Å². The summed E-state index contributed by atoms with van der Waals surface area (Å²) in [5, 5.41) is 5.95. The van der Waals surface area contributed by atoms with Gasteiger partial charge in [0.05, 0.1) is 7.11 Å². The lowest BCUT2D eigenvalue weighted by Gasteiger charge is -2.10. The van der Waals surface area contributed by atoms with Crippen LogP contribution in [0.2, 0.25) is 0 Å². The number of benzene rings is 1. The molecule has 1 amide bonds. The highest BCUT2D eigenvalue weighted by atomic mass is 16.5. The summed E-state index contributed by atoms with van der Waals surface area (Å²) < 4.78 is 4.54. The van der Waals surface area contributed by atoms with Crippen LogP contribution in [0.1, 0.15) is 20.3 Å². The van der Waals surface area contributed by atoms with Crippen molar-refractivity contribution in [2.75, 3.05) is 24.3 Å². The highest BCUT2D eigenvalue weighted by Gasteiger charge is 2.01. The van der Waals surface area contributed by atoms with E-state index in [4.69, 9.17) is 0 Å². The minimum Gasteiger partial charge on any atom is -0.453 e. The Labute approximate surface area is 102 Å². The second-order valence-electron chi connectivity index (χ2n) is 4.31. The van der Waals surface area contributed by atoms with E-state index in [-0.39, 0.29) is 0 Å². The van der Waals surface area contributed by atoms with Crippen LogP contribution in [0.15, 0.2) is 24.3 Å². The molecule has 0 saturated carbocycles. The Hall–Kier alpha value is -1.71. The Bertz CT molecular complexity index is 364. The molecule has 0 saturated heterocycles. The van der Waals surface area contributed by atoms with E-state index in [2.05, 4.69) is 29.2 Å². The molecule has 0 bridgehead atoms. The van der Waals surface area contributed by atoms with Crippen LogP contribution in [0.3, 0.4) is 0 Å². The summed E-state index contributed by atoms with van der Waals surface area (Å²) in [6.07, 6.45) is 0.665. The normalized spacial score (nSPS) is 10.1. The van der Waals surface area contributed by atoms with Crippen molar-refractivity contribution in [2.24, 2.45) is 5.92 Å². The van der Waals surface area contributed by atoms with Crippen molar-refractivity contribution in [1.82, 2.24) is 0 Å². The van der Waals surface area contributed by atoms with Crippen molar-refractivity contribution in [3.8, 4) is 0 Å². The molecule has 0 fully saturated rings. The molecule has 0 atom stereocenters. The third-order valence-electron chi connectivity index (χ3n) is 2.35. The monoisotopic (exact) mass is 236 g/mol. The van der Waals surface area contributed by atoms with Crippen LogP contribution in [0.25, 0.3) is 0 Å². The van der Waals surface area contributed by atoms with E-state index in [0.29, 0.717) is 5.92 Å². The lowest BCUT2D eigenvalue weighted by molar-refractivity contribution is 0.187. The summed E-state index contributed by atoms with van der Waals surface area (Å²) in [6.45, 7) is 5.31. The van der Waals surface area contributed by atoms with Crippen molar-refractivity contribution in [3.05, 3.63) is 24.3 Å². The Balaban J connectivity index is 2.50. The fourth-order valence-electron chi connectivity index (χ4n) is 1.38. The number of carbonyl (C=O) groups is 1. The van der Waals surface area contributed by atoms with E-state index in [1.54, 1.807) is 0 Å². The number of hydrogen-bond donors (Lipinski definition) is 2. The number of methoxy groups -OCH3 is 1. The van der Waals surface area contributed by atoms with E-state index >= 15 is 0 Å². The highest BCUT2D eigenvalue weighted by molar-refractivity contribution is 5.85. The maximum Gasteiger partial charge on any atom is 0.411 e. The summed E-state index contributed by atoms with van der Waals surface area (Å²) in [7, 11) is 1.35. The van der Waals surface area contributed by atoms with Gasteiger partial charge >= 0.3 is 6.09 Å². The van der Waals surface area contributed by atoms with Gasteiger partial charge in [-0.05, 0) is 30.5 Å². The van der Waals surface area contributed by atoms with Crippen LogP contribution in [-0.4, -0.2) is 19.7 Å². The molecule has 4 heteroatoms. The fourth-order valence-corrected chi connectivity index (χ4v) is 1.38. The average Bonchev–Trinajstić information content (AvgIpc) is 2.29. The van der Waals surface area contributed by atoms with Gasteiger partial charge in [-0.3, -0.25) is 5.32 Å². The van der Waals surface area contributed by atoms with Gasteiger partial charge in [-0.15, -0.1) is 0 Å². The van der Waals surface area contributed by atoms with Gasteiger partial charge in [0, 0.05) is 17.9 Å². The molecule has 0 heterocycles. The minimum absolute atomic E-state index is 0.454. The maximum absolute atomic E-state index is 11.0. The van der Waals surface area contributed by atoms with Crippen LogP contribution in [0, 0.1) is 5.92 Å². The lowest BCUT2D eigenvalue weighted by Crippen LogP contribution is -2.11. The predicted molar refractivity (Wildman–Crippen MR) is 70.4 cm³/mol. The summed E-state index contributed by atoms with van der Waals surface area (Å²) >= 11 is 0. The average molecular weight is 236 g/mol. The Morgan fingerprint density at radius 3 is 2.71 bits per heavy atom. The molecule has 1 aromatic rings.